The Hall–Kier alpha value is -3.81. The molecule has 9 nitrogen and oxygen atoms in total. The van der Waals surface area contributed by atoms with Crippen molar-refractivity contribution in [1.29, 1.82) is 0 Å². The fraction of sp³-hybridized carbons (Fsp3) is 0.286. The summed E-state index contributed by atoms with van der Waals surface area (Å²) in [6.07, 6.45) is 1.71. The highest BCUT2D eigenvalue weighted by Crippen LogP contribution is 2.37. The Morgan fingerprint density at radius 3 is 2.53 bits per heavy atom. The van der Waals surface area contributed by atoms with Crippen molar-refractivity contribution in [2.45, 2.75) is 46.4 Å². The molecule has 2 heterocycles. The molecule has 0 saturated heterocycles. The Kier molecular flexibility index (Phi) is 11.0. The van der Waals surface area contributed by atoms with Gasteiger partial charge in [-0.25, -0.2) is 9.79 Å². The second-order valence-corrected chi connectivity index (χ2v) is 13.4. The zero-order valence-corrected chi connectivity index (χ0v) is 30.5. The Balaban J connectivity index is 1.60. The molecule has 47 heavy (non-hydrogen) atoms. The standard InChI is InChI=1S/C35H34ClIN2O7S/c1-7-44-34(41)30-20(4)38-35-39(31(30)23-11-12-26(46-19(2)3)27(17-23)42-5)33(40)29(47-35)16-22-14-25(37)32(28(15-22)43-6)45-18-21-9-8-10-24(36)13-21/h8-17,19,31H,7,18H2,1-6H3/b29-16+/t31-/m0/s1. The Labute approximate surface area is 295 Å². The molecule has 0 radical (unpaired) electrons. The van der Waals surface area contributed by atoms with Gasteiger partial charge in [0.05, 0.1) is 52.3 Å². The van der Waals surface area contributed by atoms with E-state index in [-0.39, 0.29) is 23.8 Å². The van der Waals surface area contributed by atoms with E-state index in [0.29, 0.717) is 55.2 Å². The van der Waals surface area contributed by atoms with E-state index in [1.54, 1.807) is 46.3 Å². The van der Waals surface area contributed by atoms with Crippen LogP contribution in [-0.2, 0) is 16.1 Å². The quantitative estimate of drug-likeness (QED) is 0.128. The number of carbonyl (C=O) groups is 1. The minimum Gasteiger partial charge on any atom is -0.493 e. The third-order valence-corrected chi connectivity index (χ3v) is 9.22. The van der Waals surface area contributed by atoms with E-state index in [1.807, 2.05) is 56.3 Å². The predicted molar refractivity (Wildman–Crippen MR) is 191 cm³/mol. The molecule has 3 aromatic carbocycles. The monoisotopic (exact) mass is 788 g/mol. The number of methoxy groups -OCH3 is 2. The van der Waals surface area contributed by atoms with Crippen LogP contribution in [0.3, 0.4) is 0 Å². The Morgan fingerprint density at radius 1 is 1.09 bits per heavy atom. The van der Waals surface area contributed by atoms with Gasteiger partial charge in [-0.3, -0.25) is 9.36 Å². The van der Waals surface area contributed by atoms with E-state index in [0.717, 1.165) is 14.7 Å². The molecular weight excluding hydrogens is 755 g/mol. The fourth-order valence-electron chi connectivity index (χ4n) is 5.21. The first-order valence-electron chi connectivity index (χ1n) is 14.8. The summed E-state index contributed by atoms with van der Waals surface area (Å²) in [7, 11) is 3.12. The molecule has 0 fully saturated rings. The molecule has 4 aromatic rings. The molecule has 12 heteroatoms. The molecule has 0 bridgehead atoms. The van der Waals surface area contributed by atoms with E-state index in [1.165, 1.54) is 15.9 Å². The number of halogens is 2. The van der Waals surface area contributed by atoms with Crippen LogP contribution in [-0.4, -0.2) is 37.5 Å². The number of thiazole rings is 1. The van der Waals surface area contributed by atoms with Gasteiger partial charge >= 0.3 is 5.97 Å². The van der Waals surface area contributed by atoms with E-state index >= 15 is 0 Å². The van der Waals surface area contributed by atoms with Gasteiger partial charge in [-0.05, 0) is 109 Å². The maximum atomic E-state index is 14.2. The number of rotatable bonds is 11. The van der Waals surface area contributed by atoms with Crippen LogP contribution in [0.2, 0.25) is 5.02 Å². The average molecular weight is 789 g/mol. The summed E-state index contributed by atoms with van der Waals surface area (Å²) in [5, 5.41) is 0.632. The number of aromatic nitrogens is 1. The van der Waals surface area contributed by atoms with Gasteiger partial charge in [0.25, 0.3) is 5.56 Å². The summed E-state index contributed by atoms with van der Waals surface area (Å²) in [6.45, 7) is 7.82. The number of hydrogen-bond donors (Lipinski definition) is 0. The molecule has 0 N–H and O–H groups in total. The van der Waals surface area contributed by atoms with Crippen molar-refractivity contribution in [1.82, 2.24) is 4.57 Å². The summed E-state index contributed by atoms with van der Waals surface area (Å²) in [6, 6.07) is 15.8. The van der Waals surface area contributed by atoms with Crippen molar-refractivity contribution in [2.75, 3.05) is 20.8 Å². The highest BCUT2D eigenvalue weighted by atomic mass is 127. The zero-order chi connectivity index (χ0) is 33.8. The van der Waals surface area contributed by atoms with Crippen molar-refractivity contribution < 1.29 is 28.5 Å². The maximum absolute atomic E-state index is 14.2. The number of ether oxygens (including phenoxy) is 5. The van der Waals surface area contributed by atoms with Crippen LogP contribution in [0.15, 0.2) is 75.7 Å². The summed E-state index contributed by atoms with van der Waals surface area (Å²) in [4.78, 5) is 32.6. The highest BCUT2D eigenvalue weighted by Gasteiger charge is 2.34. The molecule has 1 aliphatic rings. The van der Waals surface area contributed by atoms with Crippen LogP contribution in [0.5, 0.6) is 23.0 Å². The van der Waals surface area contributed by atoms with E-state index in [9.17, 15) is 9.59 Å². The van der Waals surface area contributed by atoms with Gasteiger partial charge in [0.1, 0.15) is 6.61 Å². The molecule has 0 aliphatic carbocycles. The molecule has 1 aliphatic heterocycles. The van der Waals surface area contributed by atoms with E-state index < -0.39 is 12.0 Å². The summed E-state index contributed by atoms with van der Waals surface area (Å²) < 4.78 is 31.6. The number of fused-ring (bicyclic) bond motifs is 1. The molecule has 0 spiro atoms. The minimum absolute atomic E-state index is 0.0741. The van der Waals surface area contributed by atoms with Crippen molar-refractivity contribution >= 4 is 57.6 Å². The predicted octanol–water partition coefficient (Wildman–Crippen LogP) is 6.44. The van der Waals surface area contributed by atoms with Crippen LogP contribution in [0.25, 0.3) is 6.08 Å². The normalized spacial score (nSPS) is 14.5. The topological polar surface area (TPSA) is 97.6 Å². The SMILES string of the molecule is CCOC(=O)C1=C(C)N=c2s/c(=C/c3cc(I)c(OCc4cccc(Cl)c4)c(OC)c3)c(=O)n2[C@H]1c1ccc(OC(C)C)c(OC)c1. The largest absolute Gasteiger partial charge is 0.493 e. The fourth-order valence-corrected chi connectivity index (χ4v) is 7.25. The van der Waals surface area contributed by atoms with Crippen LogP contribution in [0.1, 0.15) is 50.4 Å². The lowest BCUT2D eigenvalue weighted by atomic mass is 9.95. The molecule has 1 atom stereocenters. The van der Waals surface area contributed by atoms with Gasteiger partial charge in [0.2, 0.25) is 0 Å². The number of hydrogen-bond acceptors (Lipinski definition) is 9. The van der Waals surface area contributed by atoms with Gasteiger partial charge in [-0.1, -0.05) is 41.1 Å². The van der Waals surface area contributed by atoms with Crippen LogP contribution < -0.4 is 33.8 Å². The van der Waals surface area contributed by atoms with Gasteiger partial charge < -0.3 is 23.7 Å². The van der Waals surface area contributed by atoms with Gasteiger partial charge in [-0.2, -0.15) is 0 Å². The molecule has 246 valence electrons. The number of allylic oxidation sites excluding steroid dienone is 1. The lowest BCUT2D eigenvalue weighted by molar-refractivity contribution is -0.139. The Morgan fingerprint density at radius 2 is 1.85 bits per heavy atom. The lowest BCUT2D eigenvalue weighted by Gasteiger charge is -2.25. The summed E-state index contributed by atoms with van der Waals surface area (Å²) in [5.41, 5.74) is 2.77. The molecule has 0 saturated carbocycles. The second kappa shape index (κ2) is 15.0. The number of carbonyl (C=O) groups excluding carboxylic acids is 1. The van der Waals surface area contributed by atoms with Crippen molar-refractivity contribution in [3.05, 3.63) is 111 Å². The van der Waals surface area contributed by atoms with E-state index in [4.69, 9.17) is 35.3 Å². The summed E-state index contributed by atoms with van der Waals surface area (Å²) >= 11 is 9.56. The molecule has 5 rings (SSSR count). The first-order valence-corrected chi connectivity index (χ1v) is 17.1. The van der Waals surface area contributed by atoms with E-state index in [2.05, 4.69) is 27.6 Å². The van der Waals surface area contributed by atoms with Crippen molar-refractivity contribution in [2.24, 2.45) is 4.99 Å². The van der Waals surface area contributed by atoms with Crippen molar-refractivity contribution in [3.63, 3.8) is 0 Å². The van der Waals surface area contributed by atoms with Crippen LogP contribution in [0.4, 0.5) is 0 Å². The smallest absolute Gasteiger partial charge is 0.338 e. The first kappa shape index (κ1) is 34.5. The third-order valence-electron chi connectivity index (χ3n) is 7.20. The van der Waals surface area contributed by atoms with Gasteiger partial charge in [0.15, 0.2) is 27.8 Å². The lowest BCUT2D eigenvalue weighted by Crippen LogP contribution is -2.40. The number of esters is 1. The Bertz CT molecular complexity index is 2040. The third kappa shape index (κ3) is 7.52. The highest BCUT2D eigenvalue weighted by molar-refractivity contribution is 14.1. The minimum atomic E-state index is -0.800. The molecule has 0 unspecified atom stereocenters. The van der Waals surface area contributed by atoms with Gasteiger partial charge in [0, 0.05) is 5.02 Å². The molecule has 1 aromatic heterocycles. The summed E-state index contributed by atoms with van der Waals surface area (Å²) in [5.74, 6) is 1.60. The van der Waals surface area contributed by atoms with Crippen LogP contribution in [0, 0.1) is 3.57 Å². The van der Waals surface area contributed by atoms with Crippen molar-refractivity contribution in [3.8, 4) is 23.0 Å². The number of nitrogens with zero attached hydrogens (tertiary/aromatic N) is 2. The maximum Gasteiger partial charge on any atom is 0.338 e. The van der Waals surface area contributed by atoms with Gasteiger partial charge in [-0.15, -0.1) is 0 Å². The molecule has 0 amide bonds. The second-order valence-electron chi connectivity index (χ2n) is 10.8. The number of benzene rings is 3. The first-order chi connectivity index (χ1) is 22.5. The zero-order valence-electron chi connectivity index (χ0n) is 26.8. The average Bonchev–Trinajstić information content (AvgIpc) is 3.33. The molecular formula is C35H34ClIN2O7S. The van der Waals surface area contributed by atoms with Crippen LogP contribution >= 0.6 is 45.5 Å².